The van der Waals surface area contributed by atoms with Gasteiger partial charge in [0.1, 0.15) is 29.5 Å². The van der Waals surface area contributed by atoms with Gasteiger partial charge >= 0.3 is 17.9 Å². The van der Waals surface area contributed by atoms with Crippen molar-refractivity contribution in [2.45, 2.75) is 222 Å². The van der Waals surface area contributed by atoms with Gasteiger partial charge in [-0.1, -0.05) is 152 Å². The Hall–Kier alpha value is -4.04. The molecule has 80 heavy (non-hydrogen) atoms. The predicted octanol–water partition coefficient (Wildman–Crippen LogP) is 14.2. The molecule has 16 heteroatoms. The Morgan fingerprint density at radius 1 is 0.713 bits per heavy atom. The van der Waals surface area contributed by atoms with E-state index in [4.69, 9.17) is 34.1 Å². The van der Waals surface area contributed by atoms with Crippen molar-refractivity contribution in [3.8, 4) is 0 Å². The van der Waals surface area contributed by atoms with Gasteiger partial charge in [0.25, 0.3) is 5.97 Å². The number of aliphatic imine (C=N–C) groups is 1. The SMILES string of the molecule is C=C(C)C(=O)OCCCSC(C)C(=O)NC1=NC(=Cc2[n-]c(NC(=O)C(C)(C)C)c(C(=O)OC3C(C(C)(C)C)CC(C)CC3C(C)(C)C)c2C(C)C)C(C(C)C)=C1C(=O)OC1C(C(C)(C)C)CC(C)CC1C(C)(C)C.CC(=O)O.[Zn]. The van der Waals surface area contributed by atoms with Crippen molar-refractivity contribution < 1.29 is 67.6 Å². The Morgan fingerprint density at radius 3 is 1.51 bits per heavy atom. The van der Waals surface area contributed by atoms with E-state index in [0.29, 0.717) is 52.1 Å². The second-order valence-electron chi connectivity index (χ2n) is 29.0. The van der Waals surface area contributed by atoms with Crippen LogP contribution in [0.15, 0.2) is 34.0 Å². The monoisotopic (exact) mass is 1180 g/mol. The number of aliphatic carboxylic acids is 1. The maximum atomic E-state index is 15.4. The topological polar surface area (TPSA) is 201 Å². The number of nitrogens with zero attached hydrogens (tertiary/aromatic N) is 2. The normalized spacial score (nSPS) is 23.8. The molecule has 1 aliphatic heterocycles. The van der Waals surface area contributed by atoms with Crippen LogP contribution in [0.5, 0.6) is 0 Å². The van der Waals surface area contributed by atoms with Crippen LogP contribution >= 0.6 is 11.8 Å². The number of allylic oxidation sites excluding steroid dienone is 1. The van der Waals surface area contributed by atoms with Crippen LogP contribution in [0.25, 0.3) is 6.08 Å². The summed E-state index contributed by atoms with van der Waals surface area (Å²) in [4.78, 5) is 90.0. The van der Waals surface area contributed by atoms with E-state index in [-0.39, 0.29) is 118 Å². The fraction of sp³-hybridized carbons (Fsp3) is 0.734. The van der Waals surface area contributed by atoms with Gasteiger partial charge in [-0.3, -0.25) is 14.4 Å². The Kier molecular flexibility index (Phi) is 25.7. The second kappa shape index (κ2) is 28.5. The minimum atomic E-state index is -0.833. The van der Waals surface area contributed by atoms with Crippen molar-refractivity contribution in [3.05, 3.63) is 45.8 Å². The van der Waals surface area contributed by atoms with Gasteiger partial charge in [0, 0.05) is 61.1 Å². The first-order valence-corrected chi connectivity index (χ1v) is 29.9. The molecule has 0 spiro atoms. The number of carboxylic acid groups (broad SMARTS) is 1. The summed E-state index contributed by atoms with van der Waals surface area (Å²) in [6.07, 6.45) is 5.14. The molecule has 3 aliphatic rings. The fourth-order valence-corrected chi connectivity index (χ4v) is 12.2. The number of amidine groups is 1. The maximum absolute atomic E-state index is 15.4. The van der Waals surface area contributed by atoms with Crippen molar-refractivity contribution >= 4 is 65.2 Å². The average molecular weight is 1190 g/mol. The molecule has 0 aromatic carbocycles. The van der Waals surface area contributed by atoms with E-state index >= 15 is 9.59 Å². The summed E-state index contributed by atoms with van der Waals surface area (Å²) in [6.45, 7) is 52.8. The van der Waals surface area contributed by atoms with E-state index in [9.17, 15) is 14.4 Å². The van der Waals surface area contributed by atoms with Crippen LogP contribution in [0.4, 0.5) is 5.82 Å². The standard InChI is InChI=1S/C62H100N4O8S.C2H4O2.Zn/c1-33(2)45-43(32-44-46(34(3)4)48(52(64-44)66-57(71)62(22,23)24)56(70)74-50-41(60(16,17)18)30-37(8)31-42(50)61(19,20)21)63-51(65-53(67)38(9)75-27-25-26-72-54(68)35(5)6)47(45)55(69)73-49-39(58(10,11)12)28-36(7)29-40(49)59(13,14)15;1-2(3)4;/h32-34,36-42,49-50H,5,25-31H2,1-4,6-24H3,(H3,63,64,65,66,67,69,70,71);1H3,(H,3,4);/p-1. The van der Waals surface area contributed by atoms with Crippen molar-refractivity contribution in [2.24, 2.45) is 73.5 Å². The molecule has 1 aromatic heterocycles. The summed E-state index contributed by atoms with van der Waals surface area (Å²) < 4.78 is 19.0. The van der Waals surface area contributed by atoms with E-state index in [1.807, 2.05) is 48.5 Å². The van der Waals surface area contributed by atoms with Crippen molar-refractivity contribution in [1.29, 1.82) is 0 Å². The van der Waals surface area contributed by atoms with Gasteiger partial charge in [-0.05, 0) is 126 Å². The quantitative estimate of drug-likeness (QED) is 0.0494. The number of nitrogens with one attached hydrogen (secondary N) is 2. The zero-order valence-corrected chi connectivity index (χ0v) is 57.5. The summed E-state index contributed by atoms with van der Waals surface area (Å²) in [7, 11) is 0. The minimum absolute atomic E-state index is 0. The Labute approximate surface area is 499 Å². The minimum Gasteiger partial charge on any atom is -0.481 e. The van der Waals surface area contributed by atoms with Gasteiger partial charge in [-0.25, -0.2) is 19.4 Å². The molecule has 2 heterocycles. The molecule has 3 N–H and O–H groups in total. The van der Waals surface area contributed by atoms with Crippen LogP contribution in [0.1, 0.15) is 226 Å². The largest absolute Gasteiger partial charge is 0.481 e. The van der Waals surface area contributed by atoms with Gasteiger partial charge in [-0.2, -0.15) is 0 Å². The van der Waals surface area contributed by atoms with Crippen LogP contribution in [-0.4, -0.2) is 76.5 Å². The number of carbonyl (C=O) groups excluding carboxylic acids is 5. The van der Waals surface area contributed by atoms with Gasteiger partial charge in [0.2, 0.25) is 5.91 Å². The molecule has 0 bridgehead atoms. The number of anilines is 1. The molecule has 2 aliphatic carbocycles. The van der Waals surface area contributed by atoms with Gasteiger partial charge in [-0.15, -0.1) is 11.8 Å². The van der Waals surface area contributed by atoms with Gasteiger partial charge < -0.3 is 34.9 Å². The van der Waals surface area contributed by atoms with E-state index in [0.717, 1.165) is 32.6 Å². The molecule has 2 fully saturated rings. The number of hydrogen-bond acceptors (Lipinski definition) is 11. The van der Waals surface area contributed by atoms with Crippen LogP contribution in [0.3, 0.4) is 0 Å². The summed E-state index contributed by atoms with van der Waals surface area (Å²) in [5.41, 5.74) is 1.15. The summed E-state index contributed by atoms with van der Waals surface area (Å²) in [5.74, 6) is -1.75. The Balaban J connectivity index is 0.00000422. The number of hydrogen-bond donors (Lipinski definition) is 3. The molecule has 14 nitrogen and oxygen atoms in total. The maximum Gasteiger partial charge on any atom is 0.342 e. The number of esters is 3. The molecular weight excluding hydrogens is 1080 g/mol. The Morgan fingerprint density at radius 2 is 1.14 bits per heavy atom. The number of thioether (sulfide) groups is 1. The summed E-state index contributed by atoms with van der Waals surface area (Å²) >= 11 is 1.40. The third-order valence-corrected chi connectivity index (χ3v) is 17.0. The number of carboxylic acids is 1. The van der Waals surface area contributed by atoms with E-state index in [1.54, 1.807) is 19.9 Å². The third-order valence-electron chi connectivity index (χ3n) is 15.8. The molecule has 1 aromatic rings. The van der Waals surface area contributed by atoms with Crippen LogP contribution in [-0.2, 0) is 57.7 Å². The van der Waals surface area contributed by atoms with Crippen molar-refractivity contribution in [3.63, 3.8) is 0 Å². The number of rotatable bonds is 15. The van der Waals surface area contributed by atoms with Crippen molar-refractivity contribution in [2.75, 3.05) is 17.7 Å². The molecule has 0 saturated heterocycles. The molecule has 448 valence electrons. The van der Waals surface area contributed by atoms with Crippen molar-refractivity contribution in [1.82, 2.24) is 10.3 Å². The first-order valence-electron chi connectivity index (χ1n) is 28.8. The van der Waals surface area contributed by atoms with E-state index < -0.39 is 46.8 Å². The smallest absolute Gasteiger partial charge is 0.342 e. The van der Waals surface area contributed by atoms with Crippen LogP contribution in [0, 0.1) is 68.5 Å². The molecule has 2 saturated carbocycles. The second-order valence-corrected chi connectivity index (χ2v) is 30.4. The number of amides is 2. The van der Waals surface area contributed by atoms with Crippen LogP contribution < -0.4 is 15.6 Å². The fourth-order valence-electron chi connectivity index (χ4n) is 11.4. The van der Waals surface area contributed by atoms with Gasteiger partial charge in [0.15, 0.2) is 0 Å². The number of ether oxygens (including phenoxy) is 3. The molecule has 0 radical (unpaired) electrons. The summed E-state index contributed by atoms with van der Waals surface area (Å²) in [6, 6.07) is 0. The molecular formula is C64H103N4O10SZn-. The number of aromatic nitrogens is 1. The first kappa shape index (κ1) is 72.1. The molecule has 4 rings (SSSR count). The predicted molar refractivity (Wildman–Crippen MR) is 321 cm³/mol. The first-order chi connectivity index (χ1) is 35.9. The average Bonchev–Trinajstić information content (AvgIpc) is 3.82. The molecule has 5 unspecified atom stereocenters. The Bertz CT molecular complexity index is 2430. The summed E-state index contributed by atoms with van der Waals surface area (Å²) in [5, 5.41) is 12.9. The van der Waals surface area contributed by atoms with E-state index in [2.05, 4.69) is 114 Å². The van der Waals surface area contributed by atoms with Gasteiger partial charge in [0.05, 0.1) is 23.1 Å². The zero-order valence-electron chi connectivity index (χ0n) is 53.7. The zero-order chi connectivity index (χ0) is 60.8. The van der Waals surface area contributed by atoms with Crippen LogP contribution in [0.2, 0.25) is 0 Å². The molecule has 2 amide bonds. The third kappa shape index (κ3) is 19.5. The molecule has 5 atom stereocenters. The number of carbonyl (C=O) groups is 6. The van der Waals surface area contributed by atoms with E-state index in [1.165, 1.54) is 11.8 Å².